The molecule has 2 nitrogen and oxygen atoms in total. The largest absolute Gasteiger partial charge is 0.458 e. The number of benzene rings is 1. The van der Waals surface area contributed by atoms with E-state index in [1.54, 1.807) is 6.07 Å². The lowest BCUT2D eigenvalue weighted by atomic mass is 10.1. The summed E-state index contributed by atoms with van der Waals surface area (Å²) in [6, 6.07) is 4.23. The van der Waals surface area contributed by atoms with Crippen molar-refractivity contribution in [2.24, 2.45) is 5.73 Å². The van der Waals surface area contributed by atoms with Crippen molar-refractivity contribution in [1.82, 2.24) is 0 Å². The van der Waals surface area contributed by atoms with Gasteiger partial charge in [0.1, 0.15) is 11.6 Å². The van der Waals surface area contributed by atoms with Crippen LogP contribution in [0.25, 0.3) is 11.0 Å². The number of rotatable bonds is 3. The first-order chi connectivity index (χ1) is 7.61. The van der Waals surface area contributed by atoms with Gasteiger partial charge in [-0.25, -0.2) is 4.39 Å². The maximum atomic E-state index is 13.1. The molecule has 0 saturated heterocycles. The van der Waals surface area contributed by atoms with Crippen molar-refractivity contribution in [3.63, 3.8) is 0 Å². The van der Waals surface area contributed by atoms with Crippen LogP contribution in [-0.2, 0) is 0 Å². The summed E-state index contributed by atoms with van der Waals surface area (Å²) in [6.07, 6.45) is 1.81. The second-order valence-electron chi connectivity index (χ2n) is 3.85. The van der Waals surface area contributed by atoms with Gasteiger partial charge in [-0.15, -0.1) is 0 Å². The molecule has 1 aromatic heterocycles. The van der Waals surface area contributed by atoms with Crippen molar-refractivity contribution in [3.8, 4) is 0 Å². The molecule has 2 aromatic rings. The van der Waals surface area contributed by atoms with Crippen LogP contribution in [0.15, 0.2) is 22.6 Å². The van der Waals surface area contributed by atoms with Crippen LogP contribution >= 0.6 is 11.6 Å². The number of furan rings is 1. The molecule has 0 fully saturated rings. The van der Waals surface area contributed by atoms with Gasteiger partial charge >= 0.3 is 0 Å². The Hall–Kier alpha value is -1.06. The molecule has 0 bridgehead atoms. The molecule has 16 heavy (non-hydrogen) atoms. The molecule has 0 aliphatic rings. The van der Waals surface area contributed by atoms with E-state index in [1.165, 1.54) is 12.1 Å². The predicted octanol–water partition coefficient (Wildman–Crippen LogP) is 4.03. The van der Waals surface area contributed by atoms with Crippen LogP contribution in [-0.4, -0.2) is 0 Å². The molecule has 1 atom stereocenters. The molecule has 2 N–H and O–H groups in total. The molecule has 1 unspecified atom stereocenters. The van der Waals surface area contributed by atoms with E-state index in [0.29, 0.717) is 16.7 Å². The summed E-state index contributed by atoms with van der Waals surface area (Å²) in [6.45, 7) is 2.05. The van der Waals surface area contributed by atoms with Crippen LogP contribution in [0.2, 0.25) is 5.02 Å². The Balaban J connectivity index is 2.47. The standard InChI is InChI=1S/C12H13ClFNO/c1-2-3-10(15)11-5-7-4-8(14)6-9(13)12(7)16-11/h4-6,10H,2-3,15H2,1H3. The fraction of sp³-hybridized carbons (Fsp3) is 0.333. The molecular formula is C12H13ClFNO. The van der Waals surface area contributed by atoms with Crippen LogP contribution in [0.5, 0.6) is 0 Å². The molecule has 4 heteroatoms. The van der Waals surface area contributed by atoms with Gasteiger partial charge in [0.05, 0.1) is 11.1 Å². The van der Waals surface area contributed by atoms with Gasteiger partial charge in [-0.05, 0) is 24.6 Å². The molecule has 0 amide bonds. The third kappa shape index (κ3) is 2.06. The zero-order valence-corrected chi connectivity index (χ0v) is 9.72. The summed E-state index contributed by atoms with van der Waals surface area (Å²) in [5.74, 6) is 0.290. The van der Waals surface area contributed by atoms with Gasteiger partial charge in [0.25, 0.3) is 0 Å². The highest BCUT2D eigenvalue weighted by atomic mass is 35.5. The highest BCUT2D eigenvalue weighted by Gasteiger charge is 2.13. The number of halogens is 2. The fourth-order valence-electron chi connectivity index (χ4n) is 1.73. The van der Waals surface area contributed by atoms with Crippen LogP contribution in [0.3, 0.4) is 0 Å². The Morgan fingerprint density at radius 1 is 1.44 bits per heavy atom. The van der Waals surface area contributed by atoms with E-state index in [1.807, 2.05) is 0 Å². The Labute approximate surface area is 98.2 Å². The first-order valence-corrected chi connectivity index (χ1v) is 5.63. The van der Waals surface area contributed by atoms with E-state index < -0.39 is 0 Å². The molecule has 0 spiro atoms. The van der Waals surface area contributed by atoms with Crippen molar-refractivity contribution in [3.05, 3.63) is 34.8 Å². The summed E-state index contributed by atoms with van der Waals surface area (Å²) in [7, 11) is 0. The van der Waals surface area contributed by atoms with Gasteiger partial charge in [-0.3, -0.25) is 0 Å². The lowest BCUT2D eigenvalue weighted by Gasteiger charge is -2.04. The Morgan fingerprint density at radius 2 is 2.19 bits per heavy atom. The third-order valence-electron chi connectivity index (χ3n) is 2.52. The molecule has 0 aliphatic carbocycles. The smallest absolute Gasteiger partial charge is 0.153 e. The van der Waals surface area contributed by atoms with Gasteiger partial charge in [0, 0.05) is 5.39 Å². The van der Waals surface area contributed by atoms with E-state index in [0.717, 1.165) is 12.8 Å². The lowest BCUT2D eigenvalue weighted by molar-refractivity contribution is 0.475. The summed E-state index contributed by atoms with van der Waals surface area (Å²) in [5.41, 5.74) is 6.43. The quantitative estimate of drug-likeness (QED) is 0.881. The zero-order valence-electron chi connectivity index (χ0n) is 8.97. The van der Waals surface area contributed by atoms with Gasteiger partial charge in [-0.2, -0.15) is 0 Å². The normalized spacial score (nSPS) is 13.2. The van der Waals surface area contributed by atoms with Crippen molar-refractivity contribution in [1.29, 1.82) is 0 Å². The van der Waals surface area contributed by atoms with Crippen LogP contribution in [0, 0.1) is 5.82 Å². The maximum absolute atomic E-state index is 13.1. The van der Waals surface area contributed by atoms with E-state index in [2.05, 4.69) is 6.92 Å². The second kappa shape index (κ2) is 4.44. The number of hydrogen-bond donors (Lipinski definition) is 1. The fourth-order valence-corrected chi connectivity index (χ4v) is 1.98. The molecule has 2 rings (SSSR count). The topological polar surface area (TPSA) is 39.2 Å². The lowest BCUT2D eigenvalue weighted by Crippen LogP contribution is -2.08. The van der Waals surface area contributed by atoms with Gasteiger partial charge in [-0.1, -0.05) is 24.9 Å². The van der Waals surface area contributed by atoms with Gasteiger partial charge in [0.15, 0.2) is 5.58 Å². The first kappa shape index (κ1) is 11.4. The summed E-state index contributed by atoms with van der Waals surface area (Å²) in [5, 5.41) is 0.941. The van der Waals surface area contributed by atoms with Crippen LogP contribution < -0.4 is 5.73 Å². The first-order valence-electron chi connectivity index (χ1n) is 5.26. The van der Waals surface area contributed by atoms with Crippen LogP contribution in [0.1, 0.15) is 31.6 Å². The van der Waals surface area contributed by atoms with Crippen molar-refractivity contribution in [2.75, 3.05) is 0 Å². The van der Waals surface area contributed by atoms with E-state index in [-0.39, 0.29) is 16.9 Å². The number of fused-ring (bicyclic) bond motifs is 1. The van der Waals surface area contributed by atoms with Crippen LogP contribution in [0.4, 0.5) is 4.39 Å². The minimum absolute atomic E-state index is 0.156. The molecule has 1 heterocycles. The maximum Gasteiger partial charge on any atom is 0.153 e. The summed E-state index contributed by atoms with van der Waals surface area (Å²) >= 11 is 5.88. The van der Waals surface area contributed by atoms with E-state index in [4.69, 9.17) is 21.8 Å². The van der Waals surface area contributed by atoms with E-state index >= 15 is 0 Å². The highest BCUT2D eigenvalue weighted by molar-refractivity contribution is 6.34. The second-order valence-corrected chi connectivity index (χ2v) is 4.26. The minimum atomic E-state index is -0.367. The molecule has 0 aliphatic heterocycles. The Bertz CT molecular complexity index is 509. The molecule has 1 aromatic carbocycles. The molecule has 0 radical (unpaired) electrons. The average molecular weight is 242 g/mol. The highest BCUT2D eigenvalue weighted by Crippen LogP contribution is 2.30. The van der Waals surface area contributed by atoms with Crippen molar-refractivity contribution < 1.29 is 8.81 Å². The van der Waals surface area contributed by atoms with Crippen molar-refractivity contribution >= 4 is 22.6 Å². The SMILES string of the molecule is CCCC(N)c1cc2cc(F)cc(Cl)c2o1. The summed E-state index contributed by atoms with van der Waals surface area (Å²) in [4.78, 5) is 0. The predicted molar refractivity (Wildman–Crippen MR) is 63.0 cm³/mol. The molecule has 0 saturated carbocycles. The van der Waals surface area contributed by atoms with Gasteiger partial charge in [0.2, 0.25) is 0 Å². The Morgan fingerprint density at radius 3 is 2.88 bits per heavy atom. The monoisotopic (exact) mass is 241 g/mol. The minimum Gasteiger partial charge on any atom is -0.458 e. The summed E-state index contributed by atoms with van der Waals surface area (Å²) < 4.78 is 18.6. The number of hydrogen-bond acceptors (Lipinski definition) is 2. The van der Waals surface area contributed by atoms with Crippen molar-refractivity contribution in [2.45, 2.75) is 25.8 Å². The average Bonchev–Trinajstić information content (AvgIpc) is 2.62. The number of nitrogens with two attached hydrogens (primary N) is 1. The van der Waals surface area contributed by atoms with Gasteiger partial charge < -0.3 is 10.2 Å². The molecule has 86 valence electrons. The third-order valence-corrected chi connectivity index (χ3v) is 2.80. The van der Waals surface area contributed by atoms with E-state index in [9.17, 15) is 4.39 Å². The molecular weight excluding hydrogens is 229 g/mol. The zero-order chi connectivity index (χ0) is 11.7. The Kier molecular flexibility index (Phi) is 3.17.